The van der Waals surface area contributed by atoms with Gasteiger partial charge < -0.3 is 19.1 Å². The van der Waals surface area contributed by atoms with Crippen molar-refractivity contribution in [2.45, 2.75) is 181 Å². The normalized spacial score (nSPS) is 17.3. The Morgan fingerprint density at radius 2 is 0.880 bits per heavy atom. The second kappa shape index (κ2) is 18.6. The molecule has 0 saturated carbocycles. The summed E-state index contributed by atoms with van der Waals surface area (Å²) in [4.78, 5) is 7.79. The molecule has 4 aliphatic rings. The summed E-state index contributed by atoms with van der Waals surface area (Å²) in [6.45, 7) is 40.4. The van der Waals surface area contributed by atoms with Crippen LogP contribution < -0.4 is 31.3 Å². The minimum absolute atomic E-state index is 0.00180. The van der Waals surface area contributed by atoms with Gasteiger partial charge in [0.1, 0.15) is 5.58 Å². The largest absolute Gasteiger partial charge is 0.468 e. The van der Waals surface area contributed by atoms with Crippen LogP contribution in [0.4, 0.5) is 51.2 Å². The summed E-state index contributed by atoms with van der Waals surface area (Å²) in [5.74, 6) is 0. The summed E-state index contributed by atoms with van der Waals surface area (Å²) in [7, 11) is 0. The lowest BCUT2D eigenvalue weighted by Crippen LogP contribution is -2.61. The van der Waals surface area contributed by atoms with Crippen LogP contribution >= 0.6 is 0 Å². The van der Waals surface area contributed by atoms with Crippen LogP contribution in [-0.2, 0) is 37.9 Å². The van der Waals surface area contributed by atoms with Crippen molar-refractivity contribution in [1.29, 1.82) is 0 Å². The van der Waals surface area contributed by atoms with Crippen molar-refractivity contribution >= 4 is 85.5 Å². The van der Waals surface area contributed by atoms with Gasteiger partial charge in [0.05, 0.1) is 17.0 Å². The van der Waals surface area contributed by atoms with E-state index in [0.29, 0.717) is 0 Å². The topological polar surface area (TPSA) is 22.9 Å². The Morgan fingerprint density at radius 1 is 0.410 bits per heavy atom. The van der Waals surface area contributed by atoms with Gasteiger partial charge in [0, 0.05) is 45.2 Å². The molecule has 3 heterocycles. The number of fused-ring (bicyclic) bond motifs is 8. The molecule has 0 saturated heterocycles. The standard InChI is InChI=1S/C78H86BN3O/c1-72(2,3)51-25-32-55(33-26-51)80(54-30-23-50(24-31-54)49-21-19-18-20-22-49)58-45-66-69-67(46-58)82(56-34-27-52(28-35-56)73(4,5)6)70-59-43-53(74(7,8)9)29-38-68(59)83-71(70)79(69)64-47-62-63(78(16,17)42-41-77(62,14)15)48-65(64)81(66)57-36-37-60-61(44-57)76(12,13)40-39-75(60,10)11/h18-38,43-48H,39-42H2,1-17H3. The fraction of sp³-hybridized carbons (Fsp3) is 0.359. The Balaban J connectivity index is 1.18. The van der Waals surface area contributed by atoms with Crippen LogP contribution in [0, 0.1) is 0 Å². The molecule has 8 aromatic carbocycles. The van der Waals surface area contributed by atoms with E-state index in [1.165, 1.54) is 78.1 Å². The highest BCUT2D eigenvalue weighted by Crippen LogP contribution is 2.55. The summed E-state index contributed by atoms with van der Waals surface area (Å²) >= 11 is 0. The summed E-state index contributed by atoms with van der Waals surface area (Å²) in [6.07, 6.45) is 4.55. The van der Waals surface area contributed by atoms with Gasteiger partial charge in [-0.15, -0.1) is 0 Å². The van der Waals surface area contributed by atoms with E-state index in [2.05, 4.69) is 296 Å². The maximum atomic E-state index is 7.63. The van der Waals surface area contributed by atoms with Crippen LogP contribution in [0.15, 0.2) is 168 Å². The van der Waals surface area contributed by atoms with Crippen molar-refractivity contribution in [3.05, 3.63) is 203 Å². The summed E-state index contributed by atoms with van der Waals surface area (Å²) in [5.41, 5.74) is 26.8. The fourth-order valence-corrected chi connectivity index (χ4v) is 14.5. The van der Waals surface area contributed by atoms with Crippen LogP contribution in [0.3, 0.4) is 0 Å². The molecule has 0 radical (unpaired) electrons. The van der Waals surface area contributed by atoms with Crippen molar-refractivity contribution in [3.63, 3.8) is 0 Å². The van der Waals surface area contributed by atoms with Gasteiger partial charge in [-0.05, 0) is 203 Å². The number of hydrogen-bond donors (Lipinski definition) is 0. The Morgan fingerprint density at radius 3 is 1.45 bits per heavy atom. The van der Waals surface area contributed by atoms with E-state index in [4.69, 9.17) is 4.42 Å². The Kier molecular flexibility index (Phi) is 12.3. The van der Waals surface area contributed by atoms with Crippen LogP contribution in [0.5, 0.6) is 0 Å². The first-order chi connectivity index (χ1) is 39.0. The molecule has 0 N–H and O–H groups in total. The smallest absolute Gasteiger partial charge is 0.297 e. The Hall–Kier alpha value is -7.24. The molecule has 0 spiro atoms. The minimum atomic E-state index is -0.213. The molecule has 0 unspecified atom stereocenters. The number of hydrogen-bond acceptors (Lipinski definition) is 4. The fourth-order valence-electron chi connectivity index (χ4n) is 14.5. The molecule has 0 amide bonds. The van der Waals surface area contributed by atoms with Gasteiger partial charge in [0.2, 0.25) is 0 Å². The van der Waals surface area contributed by atoms with E-state index in [9.17, 15) is 0 Å². The third kappa shape index (κ3) is 9.08. The van der Waals surface area contributed by atoms with E-state index in [1.54, 1.807) is 0 Å². The molecule has 83 heavy (non-hydrogen) atoms. The number of nitrogens with zero attached hydrogens (tertiary/aromatic N) is 3. The number of rotatable bonds is 6. The molecule has 0 atom stereocenters. The van der Waals surface area contributed by atoms with Crippen molar-refractivity contribution in [2.75, 3.05) is 14.7 Å². The molecular formula is C78H86BN3O. The van der Waals surface area contributed by atoms with E-state index < -0.39 is 0 Å². The average Bonchev–Trinajstić information content (AvgIpc) is 2.63. The van der Waals surface area contributed by atoms with E-state index in [-0.39, 0.29) is 44.6 Å². The molecule has 422 valence electrons. The van der Waals surface area contributed by atoms with Gasteiger partial charge in [-0.25, -0.2) is 0 Å². The predicted molar refractivity (Wildman–Crippen MR) is 357 cm³/mol. The average molecular weight is 1090 g/mol. The highest BCUT2D eigenvalue weighted by Gasteiger charge is 2.50. The monoisotopic (exact) mass is 1090 g/mol. The van der Waals surface area contributed by atoms with Gasteiger partial charge in [-0.1, -0.05) is 203 Å². The van der Waals surface area contributed by atoms with Crippen molar-refractivity contribution in [2.24, 2.45) is 0 Å². The highest BCUT2D eigenvalue weighted by atomic mass is 16.3. The zero-order valence-corrected chi connectivity index (χ0v) is 52.7. The third-order valence-corrected chi connectivity index (χ3v) is 20.1. The molecule has 5 heteroatoms. The van der Waals surface area contributed by atoms with Crippen LogP contribution in [-0.4, -0.2) is 6.71 Å². The minimum Gasteiger partial charge on any atom is -0.468 e. The molecular weight excluding hydrogens is 1010 g/mol. The molecule has 4 nitrogen and oxygen atoms in total. The zero-order chi connectivity index (χ0) is 58.7. The summed E-state index contributed by atoms with van der Waals surface area (Å²) in [5, 5.41) is 1.14. The number of anilines is 9. The van der Waals surface area contributed by atoms with Crippen LogP contribution in [0.2, 0.25) is 0 Å². The molecule has 2 aliphatic heterocycles. The van der Waals surface area contributed by atoms with Crippen LogP contribution in [0.25, 0.3) is 22.1 Å². The van der Waals surface area contributed by atoms with Gasteiger partial charge >= 0.3 is 0 Å². The Bertz CT molecular complexity index is 4020. The molecule has 2 aliphatic carbocycles. The summed E-state index contributed by atoms with van der Waals surface area (Å²) in [6, 6.07) is 63.7. The second-order valence-electron chi connectivity index (χ2n) is 30.8. The molecule has 9 aromatic rings. The van der Waals surface area contributed by atoms with Gasteiger partial charge in [-0.2, -0.15) is 0 Å². The Labute approximate surface area is 497 Å². The zero-order valence-electron chi connectivity index (χ0n) is 52.7. The van der Waals surface area contributed by atoms with Gasteiger partial charge in [0.25, 0.3) is 6.71 Å². The third-order valence-electron chi connectivity index (χ3n) is 20.1. The first kappa shape index (κ1) is 55.0. The number of furan rings is 1. The first-order valence-corrected chi connectivity index (χ1v) is 30.9. The lowest BCUT2D eigenvalue weighted by molar-refractivity contribution is 0.332. The second-order valence-corrected chi connectivity index (χ2v) is 30.8. The highest BCUT2D eigenvalue weighted by molar-refractivity contribution is 7.00. The van der Waals surface area contributed by atoms with E-state index >= 15 is 0 Å². The maximum absolute atomic E-state index is 7.63. The molecule has 13 rings (SSSR count). The molecule has 0 bridgehead atoms. The SMILES string of the molecule is CC(C)(C)c1ccc(N(c2ccc(-c3ccccc3)cc2)c2cc3c4c(c2)N(c2ccc(C(C)(C)C)cc2)c2c(oc5ccc(C(C)(C)C)cc25)B4c2cc4c(cc2N3c2ccc3c(c2)C(C)(C)CCC3(C)C)C(C)(C)CCC4(C)C)cc1. The maximum Gasteiger partial charge on any atom is 0.297 e. The lowest BCUT2D eigenvalue weighted by atomic mass is 9.35. The van der Waals surface area contributed by atoms with Gasteiger partial charge in [0.15, 0.2) is 0 Å². The van der Waals surface area contributed by atoms with Crippen LogP contribution in [0.1, 0.15) is 182 Å². The van der Waals surface area contributed by atoms with Gasteiger partial charge in [-0.3, -0.25) is 0 Å². The number of benzene rings is 8. The van der Waals surface area contributed by atoms with E-state index in [0.717, 1.165) is 76.4 Å². The lowest BCUT2D eigenvalue weighted by Gasteiger charge is -2.47. The first-order valence-electron chi connectivity index (χ1n) is 30.9. The van der Waals surface area contributed by atoms with Crippen molar-refractivity contribution < 1.29 is 4.42 Å². The predicted octanol–water partition coefficient (Wildman–Crippen LogP) is 20.2. The van der Waals surface area contributed by atoms with E-state index in [1.807, 2.05) is 0 Å². The van der Waals surface area contributed by atoms with Crippen molar-refractivity contribution in [3.8, 4) is 11.1 Å². The molecule has 0 fully saturated rings. The summed E-state index contributed by atoms with van der Waals surface area (Å²) < 4.78 is 7.63. The van der Waals surface area contributed by atoms with Crippen molar-refractivity contribution in [1.82, 2.24) is 0 Å². The molecule has 1 aromatic heterocycles. The quantitative estimate of drug-likeness (QED) is 0.155.